The molecule has 0 aromatic carbocycles. The van der Waals surface area contributed by atoms with Crippen molar-refractivity contribution >= 4 is 11.6 Å². The Labute approximate surface area is 126 Å². The number of ether oxygens (including phenoxy) is 1. The standard InChI is InChI=1S/C14H25ClN4O/c1-18(2)8-9-19-12(11(15)10-17-19)13(16)14(20-3)6-4-5-7-14/h10,13H,4-9,16H2,1-3H3. The van der Waals surface area contributed by atoms with Crippen molar-refractivity contribution in [2.45, 2.75) is 43.9 Å². The molecule has 0 spiro atoms. The molecule has 1 atom stereocenters. The minimum absolute atomic E-state index is 0.229. The number of hydrogen-bond donors (Lipinski definition) is 1. The van der Waals surface area contributed by atoms with E-state index in [2.05, 4.69) is 10.00 Å². The van der Waals surface area contributed by atoms with Crippen LogP contribution in [0.3, 0.4) is 0 Å². The summed E-state index contributed by atoms with van der Waals surface area (Å²) < 4.78 is 7.71. The first kappa shape index (κ1) is 15.8. The molecular weight excluding hydrogens is 276 g/mol. The molecule has 2 N–H and O–H groups in total. The van der Waals surface area contributed by atoms with Crippen LogP contribution in [-0.4, -0.2) is 48.0 Å². The summed E-state index contributed by atoms with van der Waals surface area (Å²) in [4.78, 5) is 2.12. The van der Waals surface area contributed by atoms with Crippen LogP contribution in [0.15, 0.2) is 6.20 Å². The van der Waals surface area contributed by atoms with Crippen molar-refractivity contribution in [3.8, 4) is 0 Å². The van der Waals surface area contributed by atoms with Crippen molar-refractivity contribution in [3.63, 3.8) is 0 Å². The highest BCUT2D eigenvalue weighted by atomic mass is 35.5. The maximum absolute atomic E-state index is 6.51. The summed E-state index contributed by atoms with van der Waals surface area (Å²) in [6, 6.07) is -0.229. The molecule has 0 saturated heterocycles. The Morgan fingerprint density at radius 1 is 1.50 bits per heavy atom. The van der Waals surface area contributed by atoms with Crippen molar-refractivity contribution in [1.82, 2.24) is 14.7 Å². The SMILES string of the molecule is COC1(C(N)c2c(Cl)cnn2CCN(C)C)CCCC1. The van der Waals surface area contributed by atoms with Crippen LogP contribution in [0.1, 0.15) is 37.4 Å². The molecule has 0 radical (unpaired) electrons. The summed E-state index contributed by atoms with van der Waals surface area (Å²) in [5.74, 6) is 0. The van der Waals surface area contributed by atoms with Gasteiger partial charge < -0.3 is 15.4 Å². The van der Waals surface area contributed by atoms with Crippen molar-refractivity contribution < 1.29 is 4.74 Å². The first-order valence-corrected chi connectivity index (χ1v) is 7.54. The fraction of sp³-hybridized carbons (Fsp3) is 0.786. The molecule has 1 fully saturated rings. The van der Waals surface area contributed by atoms with Crippen LogP contribution in [0.2, 0.25) is 5.02 Å². The van der Waals surface area contributed by atoms with E-state index in [1.807, 2.05) is 18.8 Å². The monoisotopic (exact) mass is 300 g/mol. The predicted octanol–water partition coefficient (Wildman–Crippen LogP) is 2.06. The van der Waals surface area contributed by atoms with Gasteiger partial charge in [0.2, 0.25) is 0 Å². The molecule has 0 bridgehead atoms. The highest BCUT2D eigenvalue weighted by Gasteiger charge is 2.42. The topological polar surface area (TPSA) is 56.3 Å². The van der Waals surface area contributed by atoms with Crippen molar-refractivity contribution in [2.24, 2.45) is 5.73 Å². The van der Waals surface area contributed by atoms with Gasteiger partial charge in [-0.1, -0.05) is 24.4 Å². The maximum atomic E-state index is 6.51. The molecular formula is C14H25ClN4O. The van der Waals surface area contributed by atoms with Crippen molar-refractivity contribution in [1.29, 1.82) is 0 Å². The van der Waals surface area contributed by atoms with Crippen LogP contribution < -0.4 is 5.73 Å². The van der Waals surface area contributed by atoms with E-state index in [1.54, 1.807) is 13.3 Å². The van der Waals surface area contributed by atoms with Crippen LogP contribution >= 0.6 is 11.6 Å². The zero-order chi connectivity index (χ0) is 14.8. The van der Waals surface area contributed by atoms with E-state index >= 15 is 0 Å². The van der Waals surface area contributed by atoms with E-state index in [0.29, 0.717) is 5.02 Å². The van der Waals surface area contributed by atoms with Gasteiger partial charge in [0.25, 0.3) is 0 Å². The average Bonchev–Trinajstić information content (AvgIpc) is 3.03. The Morgan fingerprint density at radius 3 is 2.70 bits per heavy atom. The largest absolute Gasteiger partial charge is 0.376 e. The highest BCUT2D eigenvalue weighted by Crippen LogP contribution is 2.42. The minimum atomic E-state index is -0.292. The van der Waals surface area contributed by atoms with Gasteiger partial charge in [-0.25, -0.2) is 0 Å². The molecule has 1 unspecified atom stereocenters. The van der Waals surface area contributed by atoms with E-state index < -0.39 is 0 Å². The van der Waals surface area contributed by atoms with E-state index in [4.69, 9.17) is 22.1 Å². The normalized spacial score (nSPS) is 19.7. The fourth-order valence-corrected chi connectivity index (χ4v) is 3.28. The second-order valence-electron chi connectivity index (χ2n) is 5.86. The number of halogens is 1. The Kier molecular flexibility index (Phi) is 5.07. The van der Waals surface area contributed by atoms with Crippen LogP contribution in [0, 0.1) is 0 Å². The Morgan fingerprint density at radius 2 is 2.15 bits per heavy atom. The molecule has 20 heavy (non-hydrogen) atoms. The third kappa shape index (κ3) is 3.01. The Hall–Kier alpha value is -0.620. The molecule has 1 heterocycles. The quantitative estimate of drug-likeness (QED) is 0.874. The number of hydrogen-bond acceptors (Lipinski definition) is 4. The van der Waals surface area contributed by atoms with Crippen molar-refractivity contribution in [3.05, 3.63) is 16.9 Å². The third-order valence-corrected chi connectivity index (χ3v) is 4.60. The molecule has 1 aliphatic carbocycles. The van der Waals surface area contributed by atoms with E-state index in [-0.39, 0.29) is 11.6 Å². The molecule has 1 aromatic heterocycles. The van der Waals surface area contributed by atoms with Gasteiger partial charge in [0.1, 0.15) is 0 Å². The lowest BCUT2D eigenvalue weighted by molar-refractivity contribution is -0.0284. The summed E-state index contributed by atoms with van der Waals surface area (Å²) >= 11 is 6.32. The van der Waals surface area contributed by atoms with Crippen LogP contribution in [0.4, 0.5) is 0 Å². The molecule has 2 rings (SSSR count). The summed E-state index contributed by atoms with van der Waals surface area (Å²) in [6.07, 6.45) is 5.97. The second kappa shape index (κ2) is 6.43. The van der Waals surface area contributed by atoms with Crippen LogP contribution in [0.5, 0.6) is 0 Å². The molecule has 6 heteroatoms. The number of nitrogens with zero attached hydrogens (tertiary/aromatic N) is 3. The van der Waals surface area contributed by atoms with Gasteiger partial charge in [-0.15, -0.1) is 0 Å². The number of aromatic nitrogens is 2. The summed E-state index contributed by atoms with van der Waals surface area (Å²) in [5, 5.41) is 5.01. The molecule has 1 aromatic rings. The molecule has 5 nitrogen and oxygen atoms in total. The van der Waals surface area contributed by atoms with E-state index in [0.717, 1.165) is 44.5 Å². The van der Waals surface area contributed by atoms with E-state index in [9.17, 15) is 0 Å². The smallest absolute Gasteiger partial charge is 0.0886 e. The second-order valence-corrected chi connectivity index (χ2v) is 6.27. The van der Waals surface area contributed by atoms with Crippen molar-refractivity contribution in [2.75, 3.05) is 27.7 Å². The highest BCUT2D eigenvalue weighted by molar-refractivity contribution is 6.31. The van der Waals surface area contributed by atoms with Crippen LogP contribution in [-0.2, 0) is 11.3 Å². The third-order valence-electron chi connectivity index (χ3n) is 4.31. The van der Waals surface area contributed by atoms with Gasteiger partial charge in [0, 0.05) is 13.7 Å². The lowest BCUT2D eigenvalue weighted by Gasteiger charge is -2.34. The van der Waals surface area contributed by atoms with Crippen LogP contribution in [0.25, 0.3) is 0 Å². The lowest BCUT2D eigenvalue weighted by Crippen LogP contribution is -2.42. The summed E-state index contributed by atoms with van der Waals surface area (Å²) in [5.41, 5.74) is 7.12. The van der Waals surface area contributed by atoms with Gasteiger partial charge in [-0.2, -0.15) is 5.10 Å². The Balaban J connectivity index is 2.24. The first-order chi connectivity index (χ1) is 9.50. The van der Waals surface area contributed by atoms with E-state index in [1.165, 1.54) is 0 Å². The summed E-state index contributed by atoms with van der Waals surface area (Å²) in [7, 11) is 5.83. The average molecular weight is 301 g/mol. The van der Waals surface area contributed by atoms with Gasteiger partial charge >= 0.3 is 0 Å². The number of likely N-dealkylation sites (N-methyl/N-ethyl adjacent to an activating group) is 1. The number of methoxy groups -OCH3 is 1. The van der Waals surface area contributed by atoms with Gasteiger partial charge in [0.05, 0.1) is 35.1 Å². The number of rotatable bonds is 6. The molecule has 1 saturated carbocycles. The van der Waals surface area contributed by atoms with Gasteiger partial charge in [-0.05, 0) is 26.9 Å². The molecule has 114 valence electrons. The minimum Gasteiger partial charge on any atom is -0.376 e. The fourth-order valence-electron chi connectivity index (χ4n) is 3.02. The Bertz CT molecular complexity index is 440. The lowest BCUT2D eigenvalue weighted by atomic mass is 9.90. The molecule has 0 aliphatic heterocycles. The summed E-state index contributed by atoms with van der Waals surface area (Å²) in [6.45, 7) is 1.68. The molecule has 1 aliphatic rings. The maximum Gasteiger partial charge on any atom is 0.0886 e. The van der Waals surface area contributed by atoms with Gasteiger partial charge in [0.15, 0.2) is 0 Å². The van der Waals surface area contributed by atoms with Gasteiger partial charge in [-0.3, -0.25) is 4.68 Å². The molecule has 0 amide bonds. The number of nitrogens with two attached hydrogens (primary N) is 1. The zero-order valence-electron chi connectivity index (χ0n) is 12.6. The first-order valence-electron chi connectivity index (χ1n) is 7.17. The predicted molar refractivity (Wildman–Crippen MR) is 80.9 cm³/mol. The zero-order valence-corrected chi connectivity index (χ0v) is 13.4.